The van der Waals surface area contributed by atoms with Gasteiger partial charge in [0.2, 0.25) is 0 Å². The predicted molar refractivity (Wildman–Crippen MR) is 61.9 cm³/mol. The zero-order chi connectivity index (χ0) is 10.8. The van der Waals surface area contributed by atoms with Gasteiger partial charge in [-0.1, -0.05) is 34.3 Å². The van der Waals surface area contributed by atoms with Crippen LogP contribution in [0.4, 0.5) is 0 Å². The fraction of sp³-hybridized carbons (Fsp3) is 0.273. The van der Waals surface area contributed by atoms with Crippen LogP contribution in [0.2, 0.25) is 0 Å². The molecule has 1 atom stereocenters. The first kappa shape index (κ1) is 10.3. The second-order valence-corrected chi connectivity index (χ2v) is 4.40. The van der Waals surface area contributed by atoms with Gasteiger partial charge in [-0.3, -0.25) is 0 Å². The van der Waals surface area contributed by atoms with Gasteiger partial charge in [0.25, 0.3) is 0 Å². The van der Waals surface area contributed by atoms with Crippen LogP contribution in [0.1, 0.15) is 27.7 Å². The van der Waals surface area contributed by atoms with Crippen molar-refractivity contribution in [1.29, 1.82) is 0 Å². The van der Waals surface area contributed by atoms with Crippen LogP contribution < -0.4 is 5.73 Å². The number of hydrogen-bond acceptors (Lipinski definition) is 4. The molecule has 15 heavy (non-hydrogen) atoms. The number of nitrogens with zero attached hydrogens (tertiary/aromatic N) is 2. The molecule has 2 aromatic rings. The maximum Gasteiger partial charge on any atom is 0.0776 e. The van der Waals surface area contributed by atoms with Crippen molar-refractivity contribution in [3.05, 3.63) is 46.0 Å². The molecule has 2 rings (SSSR count). The van der Waals surface area contributed by atoms with Gasteiger partial charge in [-0.25, -0.2) is 0 Å². The zero-order valence-corrected chi connectivity index (χ0v) is 9.58. The highest BCUT2D eigenvalue weighted by molar-refractivity contribution is 7.05. The molecule has 0 saturated heterocycles. The van der Waals surface area contributed by atoms with Gasteiger partial charge in [0.15, 0.2) is 0 Å². The molecular weight excluding hydrogens is 206 g/mol. The Morgan fingerprint density at radius 3 is 2.40 bits per heavy atom. The van der Waals surface area contributed by atoms with Gasteiger partial charge in [0.05, 0.1) is 16.6 Å². The minimum absolute atomic E-state index is 0.106. The lowest BCUT2D eigenvalue weighted by molar-refractivity contribution is 0.873. The number of aryl methyl sites for hydroxylation is 2. The van der Waals surface area contributed by atoms with Crippen molar-refractivity contribution in [3.8, 4) is 0 Å². The van der Waals surface area contributed by atoms with E-state index in [0.717, 1.165) is 16.1 Å². The molecule has 0 spiro atoms. The Balaban J connectivity index is 2.32. The fourth-order valence-corrected chi connectivity index (χ4v) is 2.12. The summed E-state index contributed by atoms with van der Waals surface area (Å²) in [5, 5.41) is 3.97. The maximum atomic E-state index is 6.14. The number of rotatable bonds is 2. The average molecular weight is 219 g/mol. The molecule has 0 aliphatic heterocycles. The Labute approximate surface area is 93.1 Å². The minimum atomic E-state index is -0.106. The Morgan fingerprint density at radius 1 is 1.20 bits per heavy atom. The summed E-state index contributed by atoms with van der Waals surface area (Å²) in [7, 11) is 0. The van der Waals surface area contributed by atoms with Gasteiger partial charge in [-0.2, -0.15) is 0 Å². The third-order valence-corrected chi connectivity index (χ3v) is 3.31. The van der Waals surface area contributed by atoms with Crippen LogP contribution in [0.3, 0.4) is 0 Å². The number of nitrogens with two attached hydrogens (primary N) is 1. The molecule has 1 aromatic carbocycles. The minimum Gasteiger partial charge on any atom is -0.320 e. The van der Waals surface area contributed by atoms with Crippen molar-refractivity contribution in [2.75, 3.05) is 0 Å². The number of aromatic nitrogens is 2. The van der Waals surface area contributed by atoms with Crippen LogP contribution in [0.15, 0.2) is 24.3 Å². The molecule has 0 aliphatic rings. The third-order valence-electron chi connectivity index (χ3n) is 2.41. The molecule has 0 amide bonds. The Morgan fingerprint density at radius 2 is 1.87 bits per heavy atom. The summed E-state index contributed by atoms with van der Waals surface area (Å²) >= 11 is 1.37. The highest BCUT2D eigenvalue weighted by atomic mass is 32.1. The molecule has 2 N–H and O–H groups in total. The number of benzene rings is 1. The summed E-state index contributed by atoms with van der Waals surface area (Å²) in [6, 6.07) is 8.14. The molecular formula is C11H13N3S. The lowest BCUT2D eigenvalue weighted by Gasteiger charge is -2.10. The molecule has 0 fully saturated rings. The quantitative estimate of drug-likeness (QED) is 0.842. The van der Waals surface area contributed by atoms with Crippen molar-refractivity contribution in [3.63, 3.8) is 0 Å². The van der Waals surface area contributed by atoms with Gasteiger partial charge in [0, 0.05) is 0 Å². The van der Waals surface area contributed by atoms with Crippen molar-refractivity contribution >= 4 is 11.5 Å². The van der Waals surface area contributed by atoms with Crippen LogP contribution in [0, 0.1) is 13.8 Å². The lowest BCUT2D eigenvalue weighted by Crippen LogP contribution is -2.11. The van der Waals surface area contributed by atoms with Crippen LogP contribution in [0.25, 0.3) is 0 Å². The molecule has 1 heterocycles. The van der Waals surface area contributed by atoms with Gasteiger partial charge in [-0.15, -0.1) is 5.10 Å². The average Bonchev–Trinajstić information content (AvgIpc) is 2.65. The van der Waals surface area contributed by atoms with Crippen LogP contribution in [-0.2, 0) is 0 Å². The summed E-state index contributed by atoms with van der Waals surface area (Å²) in [6.45, 7) is 4.00. The standard InChI is InChI=1S/C11H13N3S/c1-7-3-5-9(6-4-7)10(12)11-8(2)13-14-15-11/h3-6,10H,12H2,1-2H3. The summed E-state index contributed by atoms with van der Waals surface area (Å²) in [5.74, 6) is 0. The van der Waals surface area contributed by atoms with Crippen molar-refractivity contribution < 1.29 is 0 Å². The first-order chi connectivity index (χ1) is 7.18. The van der Waals surface area contributed by atoms with E-state index in [0.29, 0.717) is 0 Å². The molecule has 0 bridgehead atoms. The Hall–Kier alpha value is -1.26. The summed E-state index contributed by atoms with van der Waals surface area (Å²) < 4.78 is 3.90. The lowest BCUT2D eigenvalue weighted by atomic mass is 10.0. The van der Waals surface area contributed by atoms with Gasteiger partial charge >= 0.3 is 0 Å². The normalized spacial score (nSPS) is 12.7. The Kier molecular flexibility index (Phi) is 2.79. The number of hydrogen-bond donors (Lipinski definition) is 1. The van der Waals surface area contributed by atoms with E-state index >= 15 is 0 Å². The molecule has 3 nitrogen and oxygen atoms in total. The van der Waals surface area contributed by atoms with Gasteiger partial charge < -0.3 is 5.73 Å². The van der Waals surface area contributed by atoms with Gasteiger partial charge in [0.1, 0.15) is 0 Å². The van der Waals surface area contributed by atoms with E-state index in [1.165, 1.54) is 17.1 Å². The molecule has 4 heteroatoms. The van der Waals surface area contributed by atoms with E-state index in [1.807, 2.05) is 6.92 Å². The van der Waals surface area contributed by atoms with Crippen LogP contribution in [0.5, 0.6) is 0 Å². The zero-order valence-electron chi connectivity index (χ0n) is 8.77. The highest BCUT2D eigenvalue weighted by Crippen LogP contribution is 2.24. The maximum absolute atomic E-state index is 6.14. The van der Waals surface area contributed by atoms with Crippen LogP contribution in [-0.4, -0.2) is 9.59 Å². The third kappa shape index (κ3) is 2.06. The molecule has 1 aromatic heterocycles. The highest BCUT2D eigenvalue weighted by Gasteiger charge is 2.14. The van der Waals surface area contributed by atoms with Crippen LogP contribution >= 0.6 is 11.5 Å². The van der Waals surface area contributed by atoms with E-state index in [4.69, 9.17) is 5.73 Å². The van der Waals surface area contributed by atoms with Crippen molar-refractivity contribution in [2.45, 2.75) is 19.9 Å². The first-order valence-electron chi connectivity index (χ1n) is 4.79. The largest absolute Gasteiger partial charge is 0.320 e. The smallest absolute Gasteiger partial charge is 0.0776 e. The summed E-state index contributed by atoms with van der Waals surface area (Å²) in [5.41, 5.74) is 9.41. The topological polar surface area (TPSA) is 51.8 Å². The molecule has 0 aliphatic carbocycles. The Bertz CT molecular complexity index is 447. The first-order valence-corrected chi connectivity index (χ1v) is 5.57. The molecule has 0 saturated carbocycles. The van der Waals surface area contributed by atoms with E-state index < -0.39 is 0 Å². The molecule has 0 radical (unpaired) electrons. The summed E-state index contributed by atoms with van der Waals surface area (Å²) in [6.07, 6.45) is 0. The van der Waals surface area contributed by atoms with Crippen molar-refractivity contribution in [2.24, 2.45) is 5.73 Å². The SMILES string of the molecule is Cc1ccc(C(N)c2snnc2C)cc1. The van der Waals surface area contributed by atoms with E-state index in [2.05, 4.69) is 40.8 Å². The second-order valence-electron chi connectivity index (χ2n) is 3.61. The molecule has 78 valence electrons. The van der Waals surface area contributed by atoms with E-state index in [-0.39, 0.29) is 6.04 Å². The monoisotopic (exact) mass is 219 g/mol. The second kappa shape index (κ2) is 4.08. The van der Waals surface area contributed by atoms with E-state index in [9.17, 15) is 0 Å². The predicted octanol–water partition coefficient (Wildman–Crippen LogP) is 2.20. The summed E-state index contributed by atoms with van der Waals surface area (Å²) in [4.78, 5) is 1.04. The van der Waals surface area contributed by atoms with E-state index in [1.54, 1.807) is 0 Å². The van der Waals surface area contributed by atoms with Gasteiger partial charge in [-0.05, 0) is 30.9 Å². The fourth-order valence-electron chi connectivity index (χ4n) is 1.45. The molecule has 1 unspecified atom stereocenters. The van der Waals surface area contributed by atoms with Crippen molar-refractivity contribution in [1.82, 2.24) is 9.59 Å².